The fourth-order valence-electron chi connectivity index (χ4n) is 1.13. The second kappa shape index (κ2) is 3.07. The topological polar surface area (TPSA) is 66.9 Å². The maximum atomic E-state index is 8.71. The van der Waals surface area contributed by atoms with Crippen LogP contribution in [0.15, 0.2) is 12.4 Å². The second-order valence-electron chi connectivity index (χ2n) is 3.20. The van der Waals surface area contributed by atoms with Crippen LogP contribution in [0.5, 0.6) is 0 Å². The zero-order valence-electron chi connectivity index (χ0n) is 7.97. The van der Waals surface area contributed by atoms with Crippen molar-refractivity contribution in [1.82, 2.24) is 19.6 Å². The number of nitrogens with zero attached hydrogens (tertiary/aromatic N) is 5. The van der Waals surface area contributed by atoms with Crippen molar-refractivity contribution in [3.05, 3.63) is 23.8 Å². The number of rotatable bonds is 1. The van der Waals surface area contributed by atoms with Gasteiger partial charge in [-0.1, -0.05) is 0 Å². The van der Waals surface area contributed by atoms with E-state index in [2.05, 4.69) is 21.1 Å². The molecule has 0 saturated heterocycles. The Bertz CT molecular complexity index is 507. The molecule has 2 aromatic rings. The van der Waals surface area contributed by atoms with Gasteiger partial charge in [-0.15, -0.1) is 5.10 Å². The van der Waals surface area contributed by atoms with Gasteiger partial charge in [-0.2, -0.15) is 10.2 Å². The summed E-state index contributed by atoms with van der Waals surface area (Å²) in [4.78, 5) is 8.24. The van der Waals surface area contributed by atoms with E-state index in [9.17, 15) is 0 Å². The zero-order chi connectivity index (χ0) is 10.1. The van der Waals surface area contributed by atoms with Crippen molar-refractivity contribution in [2.75, 3.05) is 0 Å². The molecule has 0 aliphatic rings. The van der Waals surface area contributed by atoms with E-state index < -0.39 is 0 Å². The van der Waals surface area contributed by atoms with Gasteiger partial charge in [0.25, 0.3) is 5.78 Å². The van der Waals surface area contributed by atoms with Crippen molar-refractivity contribution in [2.24, 2.45) is 0 Å². The van der Waals surface area contributed by atoms with E-state index in [1.165, 1.54) is 0 Å². The molecule has 1 unspecified atom stereocenters. The lowest BCUT2D eigenvalue weighted by Gasteiger charge is -1.91. The summed E-state index contributed by atoms with van der Waals surface area (Å²) in [6, 6.07) is 2.09. The molecular formula is C9H9N5. The monoisotopic (exact) mass is 187 g/mol. The predicted molar refractivity (Wildman–Crippen MR) is 49.5 cm³/mol. The molecule has 14 heavy (non-hydrogen) atoms. The third-order valence-electron chi connectivity index (χ3n) is 1.92. The molecule has 70 valence electrons. The molecule has 0 saturated carbocycles. The maximum absolute atomic E-state index is 8.71. The lowest BCUT2D eigenvalue weighted by Crippen LogP contribution is -1.93. The van der Waals surface area contributed by atoms with E-state index in [0.717, 1.165) is 5.56 Å². The Labute approximate surface area is 81.0 Å². The highest BCUT2D eigenvalue weighted by Crippen LogP contribution is 2.09. The van der Waals surface area contributed by atoms with Gasteiger partial charge in [-0.05, 0) is 19.4 Å². The van der Waals surface area contributed by atoms with Crippen LogP contribution >= 0.6 is 0 Å². The summed E-state index contributed by atoms with van der Waals surface area (Å²) in [5, 5.41) is 12.9. The van der Waals surface area contributed by atoms with E-state index in [1.807, 2.05) is 13.1 Å². The van der Waals surface area contributed by atoms with Gasteiger partial charge in [0.2, 0.25) is 0 Å². The first kappa shape index (κ1) is 8.63. The van der Waals surface area contributed by atoms with Crippen molar-refractivity contribution < 1.29 is 0 Å². The molecule has 0 N–H and O–H groups in total. The first-order chi connectivity index (χ1) is 6.70. The highest BCUT2D eigenvalue weighted by atomic mass is 15.3. The minimum absolute atomic E-state index is 0.294. The molecule has 0 fully saturated rings. The Morgan fingerprint density at radius 2 is 2.36 bits per heavy atom. The molecule has 0 bridgehead atoms. The summed E-state index contributed by atoms with van der Waals surface area (Å²) >= 11 is 0. The highest BCUT2D eigenvalue weighted by Gasteiger charge is 2.11. The van der Waals surface area contributed by atoms with Crippen molar-refractivity contribution in [3.8, 4) is 6.07 Å². The Kier molecular flexibility index (Phi) is 1.89. The highest BCUT2D eigenvalue weighted by molar-refractivity contribution is 5.28. The molecule has 0 aliphatic heterocycles. The predicted octanol–water partition coefficient (Wildman–Crippen LogP) is 1.06. The summed E-state index contributed by atoms with van der Waals surface area (Å²) in [5.74, 6) is 0.760. The molecular weight excluding hydrogens is 178 g/mol. The molecule has 0 amide bonds. The van der Waals surface area contributed by atoms with Crippen LogP contribution in [0.4, 0.5) is 0 Å². The molecule has 0 radical (unpaired) electrons. The number of nitriles is 1. The Morgan fingerprint density at radius 3 is 3.07 bits per heavy atom. The van der Waals surface area contributed by atoms with Crippen molar-refractivity contribution in [3.63, 3.8) is 0 Å². The van der Waals surface area contributed by atoms with Gasteiger partial charge in [-0.3, -0.25) is 0 Å². The van der Waals surface area contributed by atoms with Crippen LogP contribution in [0.25, 0.3) is 5.78 Å². The van der Waals surface area contributed by atoms with Crippen LogP contribution in [0.1, 0.15) is 24.2 Å². The fraction of sp³-hybridized carbons (Fsp3) is 0.333. The van der Waals surface area contributed by atoms with Crippen LogP contribution in [-0.2, 0) is 0 Å². The Hall–Kier alpha value is -1.96. The van der Waals surface area contributed by atoms with Gasteiger partial charge in [0.05, 0.1) is 6.07 Å². The molecule has 1 atom stereocenters. The minimum Gasteiger partial charge on any atom is -0.219 e. The fourth-order valence-corrected chi connectivity index (χ4v) is 1.13. The first-order valence-electron chi connectivity index (χ1n) is 4.29. The van der Waals surface area contributed by atoms with Crippen LogP contribution in [0.3, 0.4) is 0 Å². The SMILES string of the molecule is Cc1cnc2nc(C(C)C#N)nn2c1. The van der Waals surface area contributed by atoms with E-state index in [0.29, 0.717) is 11.6 Å². The third-order valence-corrected chi connectivity index (χ3v) is 1.92. The number of hydrogen-bond acceptors (Lipinski definition) is 4. The largest absolute Gasteiger partial charge is 0.252 e. The van der Waals surface area contributed by atoms with Gasteiger partial charge < -0.3 is 0 Å². The molecule has 0 spiro atoms. The zero-order valence-corrected chi connectivity index (χ0v) is 7.97. The number of hydrogen-bond donors (Lipinski definition) is 0. The number of aromatic nitrogens is 4. The van der Waals surface area contributed by atoms with E-state index in [-0.39, 0.29) is 5.92 Å². The molecule has 2 rings (SSSR count). The van der Waals surface area contributed by atoms with Crippen molar-refractivity contribution >= 4 is 5.78 Å². The molecule has 5 heteroatoms. The first-order valence-corrected chi connectivity index (χ1v) is 4.29. The smallest absolute Gasteiger partial charge is 0.219 e. The van der Waals surface area contributed by atoms with Gasteiger partial charge in [0, 0.05) is 12.4 Å². The number of aryl methyl sites for hydroxylation is 1. The van der Waals surface area contributed by atoms with Crippen LogP contribution < -0.4 is 0 Å². The van der Waals surface area contributed by atoms with E-state index in [1.54, 1.807) is 17.6 Å². The summed E-state index contributed by atoms with van der Waals surface area (Å²) in [6.45, 7) is 3.70. The van der Waals surface area contributed by atoms with Gasteiger partial charge in [0.15, 0.2) is 5.82 Å². The average Bonchev–Trinajstić information content (AvgIpc) is 2.59. The minimum atomic E-state index is -0.294. The Morgan fingerprint density at radius 1 is 1.57 bits per heavy atom. The number of fused-ring (bicyclic) bond motifs is 1. The molecule has 2 heterocycles. The standard InChI is InChI=1S/C9H9N5/c1-6-4-11-9-12-8(7(2)3-10)13-14(9)5-6/h4-5,7H,1-2H3. The van der Waals surface area contributed by atoms with Gasteiger partial charge >= 0.3 is 0 Å². The van der Waals surface area contributed by atoms with E-state index >= 15 is 0 Å². The summed E-state index contributed by atoms with van der Waals surface area (Å²) in [5.41, 5.74) is 1.01. The van der Waals surface area contributed by atoms with Gasteiger partial charge in [-0.25, -0.2) is 9.50 Å². The van der Waals surface area contributed by atoms with Crippen LogP contribution in [-0.4, -0.2) is 19.6 Å². The van der Waals surface area contributed by atoms with Crippen LogP contribution in [0.2, 0.25) is 0 Å². The molecule has 0 aromatic carbocycles. The van der Waals surface area contributed by atoms with Gasteiger partial charge in [0.1, 0.15) is 5.92 Å². The quantitative estimate of drug-likeness (QED) is 0.669. The molecule has 5 nitrogen and oxygen atoms in total. The van der Waals surface area contributed by atoms with Crippen molar-refractivity contribution in [1.29, 1.82) is 5.26 Å². The summed E-state index contributed by atoms with van der Waals surface area (Å²) in [7, 11) is 0. The van der Waals surface area contributed by atoms with Crippen molar-refractivity contribution in [2.45, 2.75) is 19.8 Å². The Balaban J connectivity index is 2.58. The lowest BCUT2D eigenvalue weighted by atomic mass is 10.2. The third kappa shape index (κ3) is 1.31. The molecule has 0 aliphatic carbocycles. The van der Waals surface area contributed by atoms with Crippen LogP contribution in [0, 0.1) is 18.3 Å². The normalized spacial score (nSPS) is 12.6. The molecule has 2 aromatic heterocycles. The summed E-state index contributed by atoms with van der Waals surface area (Å²) < 4.78 is 1.60. The summed E-state index contributed by atoms with van der Waals surface area (Å²) in [6.07, 6.45) is 3.56. The lowest BCUT2D eigenvalue weighted by molar-refractivity contribution is 0.827. The maximum Gasteiger partial charge on any atom is 0.252 e. The van der Waals surface area contributed by atoms with E-state index in [4.69, 9.17) is 5.26 Å². The average molecular weight is 187 g/mol. The second-order valence-corrected chi connectivity index (χ2v) is 3.20.